The van der Waals surface area contributed by atoms with Crippen molar-refractivity contribution >= 4 is 23.4 Å². The number of hydrogen-bond donors (Lipinski definition) is 2. The lowest BCUT2D eigenvalue weighted by Gasteiger charge is -2.17. The molecule has 6 nitrogen and oxygen atoms in total. The number of rotatable bonds is 6. The second-order valence-corrected chi connectivity index (χ2v) is 7.42. The van der Waals surface area contributed by atoms with Crippen LogP contribution >= 0.6 is 11.3 Å². The van der Waals surface area contributed by atoms with Crippen molar-refractivity contribution in [3.05, 3.63) is 76.2 Å². The molecule has 142 valence electrons. The quantitative estimate of drug-likeness (QED) is 0.654. The molecule has 0 unspecified atom stereocenters. The molecule has 1 aromatic heterocycles. The van der Waals surface area contributed by atoms with Crippen molar-refractivity contribution in [3.8, 4) is 11.1 Å². The van der Waals surface area contributed by atoms with Gasteiger partial charge in [0.25, 0.3) is 0 Å². The third-order valence-electron chi connectivity index (χ3n) is 4.76. The topological polar surface area (TPSA) is 88.5 Å². The molecule has 3 aromatic rings. The van der Waals surface area contributed by atoms with Gasteiger partial charge < -0.3 is 15.2 Å². The third kappa shape index (κ3) is 3.61. The molecule has 0 spiro atoms. The molecule has 1 heterocycles. The second kappa shape index (κ2) is 7.82. The van der Waals surface area contributed by atoms with Crippen LogP contribution in [0.3, 0.4) is 0 Å². The van der Waals surface area contributed by atoms with Crippen molar-refractivity contribution in [2.75, 3.05) is 6.61 Å². The summed E-state index contributed by atoms with van der Waals surface area (Å²) in [7, 11) is 0. The molecule has 7 heteroatoms. The van der Waals surface area contributed by atoms with Crippen LogP contribution in [-0.2, 0) is 9.53 Å². The molecule has 1 amide bonds. The lowest BCUT2D eigenvalue weighted by atomic mass is 9.98. The molecule has 2 N–H and O–H groups in total. The normalized spacial score (nSPS) is 13.4. The third-order valence-corrected chi connectivity index (χ3v) is 5.65. The number of fused-ring (bicyclic) bond motifs is 3. The predicted octanol–water partition coefficient (Wildman–Crippen LogP) is 4.20. The second-order valence-electron chi connectivity index (χ2n) is 6.49. The van der Waals surface area contributed by atoms with Crippen molar-refractivity contribution in [1.29, 1.82) is 0 Å². The lowest BCUT2D eigenvalue weighted by Crippen LogP contribution is -2.31. The summed E-state index contributed by atoms with van der Waals surface area (Å²) in [5.74, 6) is -1.06. The summed E-state index contributed by atoms with van der Waals surface area (Å²) >= 11 is 1.30. The van der Waals surface area contributed by atoms with E-state index in [1.165, 1.54) is 11.3 Å². The molecule has 4 rings (SSSR count). The average Bonchev–Trinajstić information content (AvgIpc) is 3.32. The highest BCUT2D eigenvalue weighted by Gasteiger charge is 2.29. The number of aromatic nitrogens is 1. The fourth-order valence-corrected chi connectivity index (χ4v) is 4.25. The summed E-state index contributed by atoms with van der Waals surface area (Å²) in [4.78, 5) is 27.6. The monoisotopic (exact) mass is 394 g/mol. The van der Waals surface area contributed by atoms with Crippen molar-refractivity contribution < 1.29 is 19.4 Å². The van der Waals surface area contributed by atoms with E-state index in [0.717, 1.165) is 22.3 Å². The number of hydrogen-bond acceptors (Lipinski definition) is 5. The molecule has 28 heavy (non-hydrogen) atoms. The number of carbonyl (C=O) groups is 2. The Bertz CT molecular complexity index is 958. The largest absolute Gasteiger partial charge is 0.481 e. The van der Waals surface area contributed by atoms with Crippen LogP contribution in [0.1, 0.15) is 34.5 Å². The van der Waals surface area contributed by atoms with Gasteiger partial charge in [-0.3, -0.25) is 4.79 Å². The summed E-state index contributed by atoms with van der Waals surface area (Å²) in [6, 6.07) is 15.5. The van der Waals surface area contributed by atoms with Gasteiger partial charge in [-0.1, -0.05) is 48.5 Å². The molecule has 2 aromatic carbocycles. The van der Waals surface area contributed by atoms with Crippen LogP contribution in [0, 0.1) is 0 Å². The Morgan fingerprint density at radius 3 is 2.32 bits per heavy atom. The molecule has 0 saturated carbocycles. The van der Waals surface area contributed by atoms with Crippen LogP contribution in [0.4, 0.5) is 4.79 Å². The molecule has 0 aliphatic heterocycles. The Balaban J connectivity index is 1.47. The van der Waals surface area contributed by atoms with Gasteiger partial charge in [0.15, 0.2) is 0 Å². The Hall–Kier alpha value is -3.19. The van der Waals surface area contributed by atoms with E-state index < -0.39 is 18.1 Å². The Morgan fingerprint density at radius 1 is 1.11 bits per heavy atom. The highest BCUT2D eigenvalue weighted by Crippen LogP contribution is 2.44. The van der Waals surface area contributed by atoms with Gasteiger partial charge in [-0.05, 0) is 22.3 Å². The zero-order valence-corrected chi connectivity index (χ0v) is 15.7. The number of thiazole rings is 1. The summed E-state index contributed by atoms with van der Waals surface area (Å²) in [5, 5.41) is 14.0. The van der Waals surface area contributed by atoms with Gasteiger partial charge in [0, 0.05) is 17.5 Å². The minimum atomic E-state index is -1.01. The average molecular weight is 394 g/mol. The van der Waals surface area contributed by atoms with Crippen molar-refractivity contribution in [2.45, 2.75) is 18.4 Å². The van der Waals surface area contributed by atoms with E-state index in [0.29, 0.717) is 5.01 Å². The molecule has 1 atom stereocenters. The minimum Gasteiger partial charge on any atom is -0.481 e. The maximum absolute atomic E-state index is 12.4. The van der Waals surface area contributed by atoms with Crippen LogP contribution in [0.15, 0.2) is 60.1 Å². The summed E-state index contributed by atoms with van der Waals surface area (Å²) in [6.07, 6.45) is 0.676. The van der Waals surface area contributed by atoms with E-state index >= 15 is 0 Å². The van der Waals surface area contributed by atoms with Gasteiger partial charge in [0.05, 0.1) is 12.5 Å². The first-order valence-corrected chi connectivity index (χ1v) is 9.74. The smallest absolute Gasteiger partial charge is 0.407 e. The van der Waals surface area contributed by atoms with E-state index in [1.54, 1.807) is 11.6 Å². The Kier molecular flexibility index (Phi) is 5.08. The Labute approximate surface area is 165 Å². The van der Waals surface area contributed by atoms with Crippen LogP contribution in [-0.4, -0.2) is 28.8 Å². The number of benzene rings is 2. The molecule has 0 bridgehead atoms. The number of aliphatic carboxylic acids is 1. The maximum Gasteiger partial charge on any atom is 0.407 e. The number of alkyl carbamates (subject to hydrolysis) is 1. The van der Waals surface area contributed by atoms with E-state index in [2.05, 4.69) is 22.4 Å². The molecule has 1 aliphatic carbocycles. The van der Waals surface area contributed by atoms with Gasteiger partial charge in [-0.25, -0.2) is 9.78 Å². The maximum atomic E-state index is 12.4. The first-order chi connectivity index (χ1) is 13.6. The van der Waals surface area contributed by atoms with Crippen LogP contribution in [0.5, 0.6) is 0 Å². The predicted molar refractivity (Wildman–Crippen MR) is 105 cm³/mol. The fourth-order valence-electron chi connectivity index (χ4n) is 3.56. The lowest BCUT2D eigenvalue weighted by molar-refractivity contribution is -0.137. The summed E-state index contributed by atoms with van der Waals surface area (Å²) in [5.41, 5.74) is 4.55. The van der Waals surface area contributed by atoms with Gasteiger partial charge >= 0.3 is 12.1 Å². The number of carboxylic acid groups (broad SMARTS) is 1. The van der Waals surface area contributed by atoms with Crippen LogP contribution in [0.2, 0.25) is 0 Å². The number of nitrogens with zero attached hydrogens (tertiary/aromatic N) is 1. The highest BCUT2D eigenvalue weighted by molar-refractivity contribution is 7.09. The van der Waals surface area contributed by atoms with Crippen LogP contribution < -0.4 is 5.32 Å². The van der Waals surface area contributed by atoms with E-state index in [1.807, 2.05) is 36.4 Å². The fraction of sp³-hybridized carbons (Fsp3) is 0.190. The van der Waals surface area contributed by atoms with Crippen molar-refractivity contribution in [1.82, 2.24) is 10.3 Å². The zero-order chi connectivity index (χ0) is 19.5. The molecular weight excluding hydrogens is 376 g/mol. The molecule has 0 radical (unpaired) electrons. The van der Waals surface area contributed by atoms with E-state index in [9.17, 15) is 9.59 Å². The number of carbonyl (C=O) groups excluding carboxylic acids is 1. The number of carboxylic acids is 1. The summed E-state index contributed by atoms with van der Waals surface area (Å²) in [6.45, 7) is 0.178. The van der Waals surface area contributed by atoms with Crippen molar-refractivity contribution in [3.63, 3.8) is 0 Å². The van der Waals surface area contributed by atoms with Gasteiger partial charge in [0.1, 0.15) is 11.6 Å². The standard InChI is InChI=1S/C21H18N2O4S/c24-19(25)11-18(20-22-9-10-28-20)23-21(26)27-12-17-15-7-3-1-5-13(15)14-6-2-4-8-16(14)17/h1-10,17-18H,11-12H2,(H,23,26)(H,24,25)/t18-/m0/s1. The molecule has 0 saturated heterocycles. The number of amides is 1. The van der Waals surface area contributed by atoms with Gasteiger partial charge in [-0.15, -0.1) is 11.3 Å². The SMILES string of the molecule is O=C(O)C[C@H](NC(=O)OCC1c2ccccc2-c2ccccc21)c1nccs1. The highest BCUT2D eigenvalue weighted by atomic mass is 32.1. The minimum absolute atomic E-state index is 0.0454. The van der Waals surface area contributed by atoms with Crippen LogP contribution in [0.25, 0.3) is 11.1 Å². The van der Waals surface area contributed by atoms with Gasteiger partial charge in [0.2, 0.25) is 0 Å². The van der Waals surface area contributed by atoms with E-state index in [4.69, 9.17) is 9.84 Å². The zero-order valence-electron chi connectivity index (χ0n) is 14.9. The van der Waals surface area contributed by atoms with E-state index in [-0.39, 0.29) is 18.9 Å². The number of ether oxygens (including phenoxy) is 1. The summed E-state index contributed by atoms with van der Waals surface area (Å²) < 4.78 is 5.48. The van der Waals surface area contributed by atoms with Gasteiger partial charge in [-0.2, -0.15) is 0 Å². The first kappa shape index (κ1) is 18.2. The number of nitrogens with one attached hydrogen (secondary N) is 1. The first-order valence-electron chi connectivity index (χ1n) is 8.86. The Morgan fingerprint density at radius 2 is 1.75 bits per heavy atom. The molecular formula is C21H18N2O4S. The van der Waals surface area contributed by atoms with Crippen molar-refractivity contribution in [2.24, 2.45) is 0 Å². The molecule has 0 fully saturated rings. The molecule has 1 aliphatic rings.